The van der Waals surface area contributed by atoms with E-state index >= 15 is 0 Å². The molecule has 2 N–H and O–H groups in total. The van der Waals surface area contributed by atoms with Crippen molar-refractivity contribution in [2.45, 2.75) is 19.3 Å². The van der Waals surface area contributed by atoms with Crippen molar-refractivity contribution in [2.24, 2.45) is 0 Å². The Labute approximate surface area is 180 Å². The van der Waals surface area contributed by atoms with Gasteiger partial charge in [-0.25, -0.2) is 0 Å². The second-order valence-electron chi connectivity index (χ2n) is 7.00. The molecular formula is C22H23N5O4. The van der Waals surface area contributed by atoms with E-state index in [2.05, 4.69) is 15.5 Å². The van der Waals surface area contributed by atoms with E-state index in [1.54, 1.807) is 0 Å². The van der Waals surface area contributed by atoms with Gasteiger partial charge >= 0.3 is 0 Å². The Morgan fingerprint density at radius 2 is 1.90 bits per heavy atom. The van der Waals surface area contributed by atoms with Crippen LogP contribution in [0, 0.1) is 21.4 Å². The fourth-order valence-electron chi connectivity index (χ4n) is 3.31. The van der Waals surface area contributed by atoms with Gasteiger partial charge in [-0.1, -0.05) is 0 Å². The first-order chi connectivity index (χ1) is 15.0. The summed E-state index contributed by atoms with van der Waals surface area (Å²) in [5.41, 5.74) is 1.80. The maximum atomic E-state index is 12.5. The van der Waals surface area contributed by atoms with Gasteiger partial charge in [-0.15, -0.1) is 0 Å². The van der Waals surface area contributed by atoms with E-state index in [0.717, 1.165) is 24.5 Å². The molecule has 0 saturated carbocycles. The molecule has 0 bridgehead atoms. The minimum absolute atomic E-state index is 0.126. The third-order valence-electron chi connectivity index (χ3n) is 4.98. The molecule has 160 valence electrons. The number of nitrogens with zero attached hydrogens (tertiary/aromatic N) is 3. The zero-order valence-corrected chi connectivity index (χ0v) is 17.1. The number of methoxy groups -OCH3 is 1. The highest BCUT2D eigenvalue weighted by Gasteiger charge is 2.16. The molecule has 9 heteroatoms. The summed E-state index contributed by atoms with van der Waals surface area (Å²) in [5, 5.41) is 25.8. The molecule has 0 radical (unpaired) electrons. The van der Waals surface area contributed by atoms with E-state index in [-0.39, 0.29) is 22.7 Å². The Balaban J connectivity index is 1.66. The summed E-state index contributed by atoms with van der Waals surface area (Å²) in [6, 6.07) is 13.5. The van der Waals surface area contributed by atoms with Crippen molar-refractivity contribution < 1.29 is 14.5 Å². The number of nitriles is 1. The normalized spacial score (nSPS) is 13.8. The molecule has 1 heterocycles. The van der Waals surface area contributed by atoms with E-state index in [0.29, 0.717) is 0 Å². The monoisotopic (exact) mass is 421 g/mol. The van der Waals surface area contributed by atoms with Gasteiger partial charge in [-0.05, 0) is 49.6 Å². The number of non-ortho nitro benzene ring substituents is 1. The van der Waals surface area contributed by atoms with Gasteiger partial charge in [0.25, 0.3) is 11.6 Å². The topological polar surface area (TPSA) is 121 Å². The lowest BCUT2D eigenvalue weighted by atomic mass is 10.1. The van der Waals surface area contributed by atoms with Crippen molar-refractivity contribution in [1.82, 2.24) is 0 Å². The highest BCUT2D eigenvalue weighted by Crippen LogP contribution is 2.29. The Bertz CT molecular complexity index is 1020. The smallest absolute Gasteiger partial charge is 0.273 e. The number of hydrogen-bond donors (Lipinski definition) is 2. The second kappa shape index (κ2) is 10.1. The van der Waals surface area contributed by atoms with Crippen LogP contribution < -0.4 is 20.3 Å². The Morgan fingerprint density at radius 3 is 2.52 bits per heavy atom. The molecule has 1 aliphatic heterocycles. The number of piperidine rings is 1. The van der Waals surface area contributed by atoms with Crippen LogP contribution in [-0.2, 0) is 4.79 Å². The fourth-order valence-corrected chi connectivity index (χ4v) is 3.31. The van der Waals surface area contributed by atoms with Crippen molar-refractivity contribution in [1.29, 1.82) is 5.26 Å². The van der Waals surface area contributed by atoms with Crippen LogP contribution in [0.4, 0.5) is 22.7 Å². The molecule has 2 aromatic rings. The van der Waals surface area contributed by atoms with Gasteiger partial charge < -0.3 is 20.3 Å². The largest absolute Gasteiger partial charge is 0.494 e. The third-order valence-corrected chi connectivity index (χ3v) is 4.98. The summed E-state index contributed by atoms with van der Waals surface area (Å²) >= 11 is 0. The summed E-state index contributed by atoms with van der Waals surface area (Å²) in [5.74, 6) is -0.534. The molecular weight excluding hydrogens is 398 g/mol. The number of hydrogen-bond acceptors (Lipinski definition) is 7. The van der Waals surface area contributed by atoms with E-state index in [1.807, 2.05) is 30.3 Å². The summed E-state index contributed by atoms with van der Waals surface area (Å²) in [7, 11) is 1.34. The molecule has 9 nitrogen and oxygen atoms in total. The predicted molar refractivity (Wildman–Crippen MR) is 118 cm³/mol. The van der Waals surface area contributed by atoms with E-state index in [9.17, 15) is 20.2 Å². The van der Waals surface area contributed by atoms with Crippen LogP contribution >= 0.6 is 0 Å². The minimum atomic E-state index is -0.660. The Morgan fingerprint density at radius 1 is 1.19 bits per heavy atom. The van der Waals surface area contributed by atoms with Gasteiger partial charge in [0.05, 0.1) is 23.8 Å². The highest BCUT2D eigenvalue weighted by molar-refractivity contribution is 6.07. The maximum absolute atomic E-state index is 12.5. The molecule has 1 saturated heterocycles. The molecule has 2 aromatic carbocycles. The van der Waals surface area contributed by atoms with E-state index in [4.69, 9.17) is 4.74 Å². The molecule has 1 fully saturated rings. The van der Waals surface area contributed by atoms with Crippen LogP contribution in [0.2, 0.25) is 0 Å². The first kappa shape index (κ1) is 21.6. The quantitative estimate of drug-likeness (QED) is 0.299. The number of carbonyl (C=O) groups is 1. The summed E-state index contributed by atoms with van der Waals surface area (Å²) < 4.78 is 5.10. The molecule has 0 atom stereocenters. The van der Waals surface area contributed by atoms with Crippen molar-refractivity contribution in [3.8, 4) is 11.8 Å². The molecule has 3 rings (SSSR count). The predicted octanol–water partition coefficient (Wildman–Crippen LogP) is 4.05. The first-order valence-electron chi connectivity index (χ1n) is 9.87. The molecule has 1 aliphatic rings. The molecule has 0 unspecified atom stereocenters. The van der Waals surface area contributed by atoms with Gasteiger partial charge in [0.1, 0.15) is 17.4 Å². The Hall–Kier alpha value is -4.06. The number of benzene rings is 2. The molecule has 0 spiro atoms. The number of amides is 1. The summed E-state index contributed by atoms with van der Waals surface area (Å²) in [6.07, 6.45) is 4.99. The minimum Gasteiger partial charge on any atom is -0.494 e. The van der Waals surface area contributed by atoms with Crippen LogP contribution in [-0.4, -0.2) is 31.0 Å². The lowest BCUT2D eigenvalue weighted by Gasteiger charge is -2.28. The van der Waals surface area contributed by atoms with Crippen LogP contribution in [0.3, 0.4) is 0 Å². The van der Waals surface area contributed by atoms with Crippen molar-refractivity contribution in [2.75, 3.05) is 35.7 Å². The van der Waals surface area contributed by atoms with Crippen LogP contribution in [0.25, 0.3) is 0 Å². The standard InChI is InChI=1S/C22H23N5O4/c1-31-21-13-19(27(29)30)9-10-20(21)25-22(28)16(14-23)15-24-17-5-7-18(8-6-17)26-11-3-2-4-12-26/h5-10,13,15,24H,2-4,11-12H2,1H3,(H,25,28)/b16-15-. The number of ether oxygens (including phenoxy) is 1. The average molecular weight is 421 g/mol. The van der Waals surface area contributed by atoms with Crippen molar-refractivity contribution in [3.63, 3.8) is 0 Å². The zero-order valence-electron chi connectivity index (χ0n) is 17.1. The van der Waals surface area contributed by atoms with Gasteiger partial charge in [-0.3, -0.25) is 14.9 Å². The van der Waals surface area contributed by atoms with Crippen molar-refractivity contribution in [3.05, 3.63) is 64.4 Å². The van der Waals surface area contributed by atoms with Crippen LogP contribution in [0.15, 0.2) is 54.2 Å². The van der Waals surface area contributed by atoms with Gasteiger partial charge in [-0.2, -0.15) is 5.26 Å². The van der Waals surface area contributed by atoms with Gasteiger partial charge in [0, 0.05) is 36.7 Å². The number of nitrogens with one attached hydrogen (secondary N) is 2. The molecule has 0 aromatic heterocycles. The molecule has 31 heavy (non-hydrogen) atoms. The maximum Gasteiger partial charge on any atom is 0.273 e. The van der Waals surface area contributed by atoms with Crippen LogP contribution in [0.1, 0.15) is 19.3 Å². The summed E-state index contributed by atoms with van der Waals surface area (Å²) in [4.78, 5) is 25.1. The van der Waals surface area contributed by atoms with Gasteiger partial charge in [0.15, 0.2) is 0 Å². The first-order valence-corrected chi connectivity index (χ1v) is 9.87. The van der Waals surface area contributed by atoms with Crippen molar-refractivity contribution >= 4 is 28.7 Å². The lowest BCUT2D eigenvalue weighted by molar-refractivity contribution is -0.384. The fraction of sp³-hybridized carbons (Fsp3) is 0.273. The number of carbonyl (C=O) groups excluding carboxylic acids is 1. The average Bonchev–Trinajstić information content (AvgIpc) is 2.80. The van der Waals surface area contributed by atoms with E-state index < -0.39 is 10.8 Å². The summed E-state index contributed by atoms with van der Waals surface area (Å²) in [6.45, 7) is 2.11. The zero-order chi connectivity index (χ0) is 22.2. The van der Waals surface area contributed by atoms with Gasteiger partial charge in [0.2, 0.25) is 0 Å². The number of nitro groups is 1. The number of nitro benzene ring substituents is 1. The van der Waals surface area contributed by atoms with Crippen LogP contribution in [0.5, 0.6) is 5.75 Å². The Kier molecular flexibility index (Phi) is 7.06. The van der Waals surface area contributed by atoms with E-state index in [1.165, 1.54) is 50.8 Å². The lowest BCUT2D eigenvalue weighted by Crippen LogP contribution is -2.29. The molecule has 1 amide bonds. The second-order valence-corrected chi connectivity index (χ2v) is 7.00. The third kappa shape index (κ3) is 5.51. The molecule has 0 aliphatic carbocycles. The SMILES string of the molecule is COc1cc([N+](=O)[O-])ccc1NC(=O)/C(C#N)=C\Nc1ccc(N2CCCCC2)cc1. The number of anilines is 3. The highest BCUT2D eigenvalue weighted by atomic mass is 16.6. The number of rotatable bonds is 7.